The van der Waals surface area contributed by atoms with Gasteiger partial charge in [-0.25, -0.2) is 4.79 Å². The van der Waals surface area contributed by atoms with Crippen LogP contribution in [0, 0.1) is 13.8 Å². The van der Waals surface area contributed by atoms with E-state index in [2.05, 4.69) is 32.2 Å². The molecular weight excluding hydrogens is 434 g/mol. The van der Waals surface area contributed by atoms with Crippen LogP contribution in [0.25, 0.3) is 11.1 Å². The molecule has 0 bridgehead atoms. The topological polar surface area (TPSA) is 64.6 Å². The third kappa shape index (κ3) is 6.02. The first kappa shape index (κ1) is 24.5. The van der Waals surface area contributed by atoms with Gasteiger partial charge in [-0.2, -0.15) is 0 Å². The SMILES string of the molecule is CCOC(=O)c1c(-c2ccc(C)cc2C)csc1NC(=O)COc1ccc(C(C)(C)C)cc1. The molecule has 1 amide bonds. The molecule has 2 aromatic carbocycles. The molecule has 1 heterocycles. The highest BCUT2D eigenvalue weighted by Crippen LogP contribution is 2.38. The third-order valence-corrected chi connectivity index (χ3v) is 6.18. The number of benzene rings is 2. The molecule has 0 unspecified atom stereocenters. The summed E-state index contributed by atoms with van der Waals surface area (Å²) in [6.45, 7) is 12.3. The average Bonchev–Trinajstić information content (AvgIpc) is 3.15. The first-order valence-electron chi connectivity index (χ1n) is 11.0. The smallest absolute Gasteiger partial charge is 0.341 e. The zero-order valence-electron chi connectivity index (χ0n) is 20.1. The number of carbonyl (C=O) groups excluding carboxylic acids is 2. The van der Waals surface area contributed by atoms with Gasteiger partial charge in [0.15, 0.2) is 6.61 Å². The Kier molecular flexibility index (Phi) is 7.59. The Hall–Kier alpha value is -3.12. The van der Waals surface area contributed by atoms with E-state index < -0.39 is 5.97 Å². The quantitative estimate of drug-likeness (QED) is 0.403. The van der Waals surface area contributed by atoms with E-state index in [1.807, 2.05) is 55.6 Å². The van der Waals surface area contributed by atoms with Gasteiger partial charge in [0.25, 0.3) is 5.91 Å². The fraction of sp³-hybridized carbons (Fsp3) is 0.333. The Morgan fingerprint density at radius 3 is 2.30 bits per heavy atom. The van der Waals surface area contributed by atoms with Gasteiger partial charge in [0, 0.05) is 10.9 Å². The fourth-order valence-electron chi connectivity index (χ4n) is 3.53. The van der Waals surface area contributed by atoms with Gasteiger partial charge in [-0.15, -0.1) is 11.3 Å². The highest BCUT2D eigenvalue weighted by Gasteiger charge is 2.24. The largest absolute Gasteiger partial charge is 0.484 e. The lowest BCUT2D eigenvalue weighted by Gasteiger charge is -2.19. The molecule has 1 N–H and O–H groups in total. The lowest BCUT2D eigenvalue weighted by atomic mass is 9.87. The molecule has 0 atom stereocenters. The van der Waals surface area contributed by atoms with Gasteiger partial charge in [0.05, 0.1) is 6.61 Å². The number of carbonyl (C=O) groups is 2. The first-order chi connectivity index (χ1) is 15.6. The van der Waals surface area contributed by atoms with Gasteiger partial charge >= 0.3 is 5.97 Å². The summed E-state index contributed by atoms with van der Waals surface area (Å²) in [6, 6.07) is 13.8. The standard InChI is InChI=1S/C27H31NO4S/c1-7-31-26(30)24-22(21-13-8-17(2)14-18(21)3)16-33-25(24)28-23(29)15-32-20-11-9-19(10-12-20)27(4,5)6/h8-14,16H,7,15H2,1-6H3,(H,28,29). The molecule has 1 aromatic heterocycles. The molecule has 33 heavy (non-hydrogen) atoms. The minimum Gasteiger partial charge on any atom is -0.484 e. The molecule has 0 aliphatic rings. The van der Waals surface area contributed by atoms with E-state index in [9.17, 15) is 9.59 Å². The number of hydrogen-bond donors (Lipinski definition) is 1. The summed E-state index contributed by atoms with van der Waals surface area (Å²) >= 11 is 1.30. The summed E-state index contributed by atoms with van der Waals surface area (Å²) in [6.07, 6.45) is 0. The maximum atomic E-state index is 12.8. The minimum atomic E-state index is -0.456. The van der Waals surface area contributed by atoms with E-state index >= 15 is 0 Å². The Morgan fingerprint density at radius 1 is 1.00 bits per heavy atom. The second-order valence-electron chi connectivity index (χ2n) is 9.00. The van der Waals surface area contributed by atoms with Crippen molar-refractivity contribution in [2.45, 2.75) is 47.0 Å². The van der Waals surface area contributed by atoms with E-state index in [-0.39, 0.29) is 24.5 Å². The molecule has 0 saturated heterocycles. The van der Waals surface area contributed by atoms with Crippen LogP contribution in [0.5, 0.6) is 5.75 Å². The van der Waals surface area contributed by atoms with Crippen molar-refractivity contribution in [3.05, 3.63) is 70.1 Å². The van der Waals surface area contributed by atoms with Crippen molar-refractivity contribution < 1.29 is 19.1 Å². The molecule has 3 aromatic rings. The Bertz CT molecular complexity index is 1140. The zero-order valence-corrected chi connectivity index (χ0v) is 20.9. The van der Waals surface area contributed by atoms with E-state index in [4.69, 9.17) is 9.47 Å². The Morgan fingerprint density at radius 2 is 1.70 bits per heavy atom. The number of nitrogens with one attached hydrogen (secondary N) is 1. The number of thiophene rings is 1. The second kappa shape index (κ2) is 10.2. The molecule has 5 nitrogen and oxygen atoms in total. The van der Waals surface area contributed by atoms with Gasteiger partial charge in [0.2, 0.25) is 0 Å². The molecule has 0 fully saturated rings. The second-order valence-corrected chi connectivity index (χ2v) is 9.88. The van der Waals surface area contributed by atoms with Crippen LogP contribution < -0.4 is 10.1 Å². The number of hydrogen-bond acceptors (Lipinski definition) is 5. The van der Waals surface area contributed by atoms with Crippen LogP contribution in [-0.2, 0) is 14.9 Å². The molecule has 0 radical (unpaired) electrons. The predicted octanol–water partition coefficient (Wildman–Crippen LogP) is 6.52. The van der Waals surface area contributed by atoms with Gasteiger partial charge < -0.3 is 14.8 Å². The van der Waals surface area contributed by atoms with E-state index in [1.165, 1.54) is 16.9 Å². The van der Waals surface area contributed by atoms with Gasteiger partial charge in [-0.1, -0.05) is 56.7 Å². The first-order valence-corrected chi connectivity index (χ1v) is 11.9. The van der Waals surface area contributed by atoms with Gasteiger partial charge in [-0.05, 0) is 55.0 Å². The summed E-state index contributed by atoms with van der Waals surface area (Å²) in [7, 11) is 0. The fourth-order valence-corrected chi connectivity index (χ4v) is 4.50. The summed E-state index contributed by atoms with van der Waals surface area (Å²) in [4.78, 5) is 25.4. The third-order valence-electron chi connectivity index (χ3n) is 5.29. The monoisotopic (exact) mass is 465 g/mol. The summed E-state index contributed by atoms with van der Waals surface area (Å²) in [5.41, 5.74) is 5.50. The van der Waals surface area contributed by atoms with Crippen LogP contribution in [0.1, 0.15) is 54.7 Å². The van der Waals surface area contributed by atoms with Crippen molar-refractivity contribution in [2.75, 3.05) is 18.5 Å². The molecule has 0 spiro atoms. The Balaban J connectivity index is 1.77. The molecule has 6 heteroatoms. The highest BCUT2D eigenvalue weighted by molar-refractivity contribution is 7.15. The minimum absolute atomic E-state index is 0.0477. The molecule has 3 rings (SSSR count). The number of aryl methyl sites for hydroxylation is 2. The lowest BCUT2D eigenvalue weighted by Crippen LogP contribution is -2.21. The Labute approximate surface area is 199 Å². The summed E-state index contributed by atoms with van der Waals surface area (Å²) in [5, 5.41) is 5.17. The van der Waals surface area contributed by atoms with Crippen LogP contribution in [0.4, 0.5) is 5.00 Å². The number of amides is 1. The average molecular weight is 466 g/mol. The molecule has 174 valence electrons. The van der Waals surface area contributed by atoms with Crippen LogP contribution in [0.2, 0.25) is 0 Å². The number of ether oxygens (including phenoxy) is 2. The van der Waals surface area contributed by atoms with E-state index in [0.717, 1.165) is 22.3 Å². The predicted molar refractivity (Wildman–Crippen MR) is 134 cm³/mol. The van der Waals surface area contributed by atoms with Crippen molar-refractivity contribution in [1.29, 1.82) is 0 Å². The van der Waals surface area contributed by atoms with Crippen LogP contribution in [0.3, 0.4) is 0 Å². The maximum Gasteiger partial charge on any atom is 0.341 e. The number of esters is 1. The van der Waals surface area contributed by atoms with Crippen LogP contribution in [0.15, 0.2) is 47.8 Å². The number of anilines is 1. The van der Waals surface area contributed by atoms with Gasteiger partial charge in [0.1, 0.15) is 16.3 Å². The van der Waals surface area contributed by atoms with Crippen molar-refractivity contribution in [2.24, 2.45) is 0 Å². The molecule has 0 aliphatic carbocycles. The van der Waals surface area contributed by atoms with Crippen molar-refractivity contribution in [3.63, 3.8) is 0 Å². The van der Waals surface area contributed by atoms with Crippen molar-refractivity contribution in [1.82, 2.24) is 0 Å². The van der Waals surface area contributed by atoms with Crippen molar-refractivity contribution in [3.8, 4) is 16.9 Å². The molecular formula is C27H31NO4S. The van der Waals surface area contributed by atoms with Crippen LogP contribution >= 0.6 is 11.3 Å². The molecule has 0 aliphatic heterocycles. The van der Waals surface area contributed by atoms with E-state index in [0.29, 0.717) is 16.3 Å². The van der Waals surface area contributed by atoms with Gasteiger partial charge in [-0.3, -0.25) is 4.79 Å². The summed E-state index contributed by atoms with van der Waals surface area (Å²) < 4.78 is 10.9. The number of rotatable bonds is 7. The van der Waals surface area contributed by atoms with E-state index in [1.54, 1.807) is 6.92 Å². The normalized spacial score (nSPS) is 11.2. The van der Waals surface area contributed by atoms with Crippen LogP contribution in [-0.4, -0.2) is 25.1 Å². The van der Waals surface area contributed by atoms with Crippen molar-refractivity contribution >= 4 is 28.2 Å². The highest BCUT2D eigenvalue weighted by atomic mass is 32.1. The lowest BCUT2D eigenvalue weighted by molar-refractivity contribution is -0.118. The molecule has 0 saturated carbocycles. The summed E-state index contributed by atoms with van der Waals surface area (Å²) in [5.74, 6) is -0.178. The zero-order chi connectivity index (χ0) is 24.2. The maximum absolute atomic E-state index is 12.8.